The van der Waals surface area contributed by atoms with Crippen molar-refractivity contribution in [2.24, 2.45) is 0 Å². The number of nitrogens with zero attached hydrogens (tertiary/aromatic N) is 3. The molecule has 0 radical (unpaired) electrons. The normalized spacial score (nSPS) is 17.8. The number of nitrogens with one attached hydrogen (secondary N) is 1. The number of aromatic nitrogens is 3. The van der Waals surface area contributed by atoms with E-state index in [0.29, 0.717) is 29.6 Å². The lowest BCUT2D eigenvalue weighted by Gasteiger charge is -2.34. The number of aromatic amines is 1. The summed E-state index contributed by atoms with van der Waals surface area (Å²) < 4.78 is 5.63. The Morgan fingerprint density at radius 3 is 3.00 bits per heavy atom. The number of benzene rings is 1. The van der Waals surface area contributed by atoms with Gasteiger partial charge in [0.05, 0.1) is 24.1 Å². The van der Waals surface area contributed by atoms with Crippen molar-refractivity contribution in [2.75, 3.05) is 13.2 Å². The summed E-state index contributed by atoms with van der Waals surface area (Å²) in [5, 5.41) is 7.64. The SMILES string of the molecule is Cc1nc(C2CCCCN2C(=O)CCOc2ccccc2Cl)n[nH]1. The minimum atomic E-state index is -0.0449. The van der Waals surface area contributed by atoms with E-state index < -0.39 is 0 Å². The fourth-order valence-electron chi connectivity index (χ4n) is 2.96. The molecule has 1 amide bonds. The first-order valence-corrected chi connectivity index (χ1v) is 8.58. The number of H-pyrrole nitrogens is 1. The van der Waals surface area contributed by atoms with Crippen LogP contribution in [0.2, 0.25) is 5.02 Å². The van der Waals surface area contributed by atoms with Crippen molar-refractivity contribution < 1.29 is 9.53 Å². The van der Waals surface area contributed by atoms with Crippen molar-refractivity contribution in [3.63, 3.8) is 0 Å². The molecule has 1 aliphatic rings. The van der Waals surface area contributed by atoms with Gasteiger partial charge in [-0.3, -0.25) is 9.89 Å². The number of carbonyl (C=O) groups excluding carboxylic acids is 1. The van der Waals surface area contributed by atoms with Gasteiger partial charge in [-0.2, -0.15) is 5.10 Å². The van der Waals surface area contributed by atoms with Crippen LogP contribution >= 0.6 is 11.6 Å². The Kier molecular flexibility index (Phi) is 5.35. The molecule has 0 bridgehead atoms. The van der Waals surface area contributed by atoms with E-state index in [4.69, 9.17) is 16.3 Å². The molecule has 1 N–H and O–H groups in total. The Morgan fingerprint density at radius 1 is 1.42 bits per heavy atom. The zero-order chi connectivity index (χ0) is 16.9. The van der Waals surface area contributed by atoms with E-state index in [1.807, 2.05) is 24.0 Å². The van der Waals surface area contributed by atoms with Crippen LogP contribution in [-0.2, 0) is 4.79 Å². The first-order valence-electron chi connectivity index (χ1n) is 8.21. The molecule has 1 aromatic heterocycles. The minimum absolute atomic E-state index is 0.0449. The highest BCUT2D eigenvalue weighted by Gasteiger charge is 2.30. The Balaban J connectivity index is 1.59. The van der Waals surface area contributed by atoms with Gasteiger partial charge < -0.3 is 9.64 Å². The molecule has 1 atom stereocenters. The van der Waals surface area contributed by atoms with Gasteiger partial charge in [-0.25, -0.2) is 4.98 Å². The van der Waals surface area contributed by atoms with Gasteiger partial charge in [-0.1, -0.05) is 23.7 Å². The molecule has 6 nitrogen and oxygen atoms in total. The molecule has 1 aromatic carbocycles. The van der Waals surface area contributed by atoms with E-state index in [-0.39, 0.29) is 11.9 Å². The maximum atomic E-state index is 12.6. The number of rotatable bonds is 5. The molecule has 2 aromatic rings. The second kappa shape index (κ2) is 7.66. The zero-order valence-corrected chi connectivity index (χ0v) is 14.4. The van der Waals surface area contributed by atoms with Crippen LogP contribution in [-0.4, -0.2) is 39.1 Å². The zero-order valence-electron chi connectivity index (χ0n) is 13.7. The van der Waals surface area contributed by atoms with E-state index in [1.54, 1.807) is 12.1 Å². The Bertz CT molecular complexity index is 703. The lowest BCUT2D eigenvalue weighted by molar-refractivity contribution is -0.135. The first kappa shape index (κ1) is 16.8. The van der Waals surface area contributed by atoms with Crippen LogP contribution in [0, 0.1) is 6.92 Å². The molecule has 128 valence electrons. The van der Waals surface area contributed by atoms with Crippen LogP contribution in [0.5, 0.6) is 5.75 Å². The number of halogens is 1. The summed E-state index contributed by atoms with van der Waals surface area (Å²) in [5.74, 6) is 2.14. The van der Waals surface area contributed by atoms with Crippen LogP contribution in [0.15, 0.2) is 24.3 Å². The average Bonchev–Trinajstić information content (AvgIpc) is 3.03. The van der Waals surface area contributed by atoms with Crippen molar-refractivity contribution in [3.8, 4) is 5.75 Å². The van der Waals surface area contributed by atoms with Gasteiger partial charge in [0.25, 0.3) is 0 Å². The molecule has 2 heterocycles. The summed E-state index contributed by atoms with van der Waals surface area (Å²) in [6.45, 7) is 2.91. The third-order valence-electron chi connectivity index (χ3n) is 4.15. The van der Waals surface area contributed by atoms with E-state index >= 15 is 0 Å². The number of aryl methyl sites for hydroxylation is 1. The molecular formula is C17H21ClN4O2. The van der Waals surface area contributed by atoms with Gasteiger partial charge in [0, 0.05) is 6.54 Å². The van der Waals surface area contributed by atoms with Gasteiger partial charge >= 0.3 is 0 Å². The van der Waals surface area contributed by atoms with Gasteiger partial charge in [-0.05, 0) is 38.3 Å². The largest absolute Gasteiger partial charge is 0.491 e. The summed E-state index contributed by atoms with van der Waals surface area (Å²) in [6, 6.07) is 7.22. The van der Waals surface area contributed by atoms with E-state index in [9.17, 15) is 4.79 Å². The predicted molar refractivity (Wildman–Crippen MR) is 91.0 cm³/mol. The van der Waals surface area contributed by atoms with Crippen molar-refractivity contribution in [2.45, 2.75) is 38.6 Å². The molecular weight excluding hydrogens is 328 g/mol. The molecule has 1 aliphatic heterocycles. The summed E-state index contributed by atoms with van der Waals surface area (Å²) in [4.78, 5) is 18.9. The quantitative estimate of drug-likeness (QED) is 0.900. The molecule has 24 heavy (non-hydrogen) atoms. The Labute approximate surface area is 146 Å². The van der Waals surface area contributed by atoms with E-state index in [1.165, 1.54) is 0 Å². The summed E-state index contributed by atoms with van der Waals surface area (Å²) >= 11 is 6.05. The monoisotopic (exact) mass is 348 g/mol. The van der Waals surface area contributed by atoms with Gasteiger partial charge in [0.1, 0.15) is 11.6 Å². The second-order valence-corrected chi connectivity index (χ2v) is 6.31. The van der Waals surface area contributed by atoms with Gasteiger partial charge in [0.2, 0.25) is 5.91 Å². The highest BCUT2D eigenvalue weighted by atomic mass is 35.5. The number of para-hydroxylation sites is 1. The number of amides is 1. The predicted octanol–water partition coefficient (Wildman–Crippen LogP) is 3.29. The molecule has 1 saturated heterocycles. The van der Waals surface area contributed by atoms with Crippen molar-refractivity contribution >= 4 is 17.5 Å². The molecule has 0 saturated carbocycles. The van der Waals surface area contributed by atoms with Crippen molar-refractivity contribution in [3.05, 3.63) is 40.9 Å². The Hall–Kier alpha value is -2.08. The number of likely N-dealkylation sites (tertiary alicyclic amines) is 1. The lowest BCUT2D eigenvalue weighted by atomic mass is 10.0. The number of ether oxygens (including phenoxy) is 1. The standard InChI is InChI=1S/C17H21ClN4O2/c1-12-19-17(21-20-12)14-7-4-5-10-22(14)16(23)9-11-24-15-8-3-2-6-13(15)18/h2-3,6,8,14H,4-5,7,9-11H2,1H3,(H,19,20,21). The fraction of sp³-hybridized carbons (Fsp3) is 0.471. The highest BCUT2D eigenvalue weighted by molar-refractivity contribution is 6.32. The van der Waals surface area contributed by atoms with E-state index in [0.717, 1.165) is 31.6 Å². The first-order chi connectivity index (χ1) is 11.6. The minimum Gasteiger partial charge on any atom is -0.491 e. The number of hydrogen-bond acceptors (Lipinski definition) is 4. The van der Waals surface area contributed by atoms with Gasteiger partial charge in [-0.15, -0.1) is 0 Å². The number of piperidine rings is 1. The van der Waals surface area contributed by atoms with Crippen LogP contribution in [0.3, 0.4) is 0 Å². The van der Waals surface area contributed by atoms with Crippen LogP contribution in [0.25, 0.3) is 0 Å². The van der Waals surface area contributed by atoms with E-state index in [2.05, 4.69) is 15.2 Å². The maximum absolute atomic E-state index is 12.6. The average molecular weight is 349 g/mol. The van der Waals surface area contributed by atoms with Crippen LogP contribution in [0.4, 0.5) is 0 Å². The molecule has 1 unspecified atom stereocenters. The van der Waals surface area contributed by atoms with Crippen LogP contribution < -0.4 is 4.74 Å². The second-order valence-electron chi connectivity index (χ2n) is 5.91. The third kappa shape index (κ3) is 3.87. The van der Waals surface area contributed by atoms with Crippen LogP contribution in [0.1, 0.15) is 43.4 Å². The van der Waals surface area contributed by atoms with Crippen molar-refractivity contribution in [1.82, 2.24) is 20.1 Å². The molecule has 0 spiro atoms. The topological polar surface area (TPSA) is 71.1 Å². The molecule has 0 aliphatic carbocycles. The number of hydrogen-bond donors (Lipinski definition) is 1. The highest BCUT2D eigenvalue weighted by Crippen LogP contribution is 2.29. The number of carbonyl (C=O) groups is 1. The van der Waals surface area contributed by atoms with Gasteiger partial charge in [0.15, 0.2) is 5.82 Å². The molecule has 3 rings (SSSR count). The molecule has 1 fully saturated rings. The maximum Gasteiger partial charge on any atom is 0.226 e. The summed E-state index contributed by atoms with van der Waals surface area (Å²) in [7, 11) is 0. The molecule has 7 heteroatoms. The third-order valence-corrected chi connectivity index (χ3v) is 4.46. The fourth-order valence-corrected chi connectivity index (χ4v) is 3.15. The lowest BCUT2D eigenvalue weighted by Crippen LogP contribution is -2.39. The summed E-state index contributed by atoms with van der Waals surface area (Å²) in [6.07, 6.45) is 3.30. The summed E-state index contributed by atoms with van der Waals surface area (Å²) in [5.41, 5.74) is 0. The Morgan fingerprint density at radius 2 is 2.25 bits per heavy atom. The van der Waals surface area contributed by atoms with Crippen molar-refractivity contribution in [1.29, 1.82) is 0 Å². The smallest absolute Gasteiger partial charge is 0.226 e.